The predicted octanol–water partition coefficient (Wildman–Crippen LogP) is 3.77. The van der Waals surface area contributed by atoms with Crippen molar-refractivity contribution >= 4 is 0 Å². The van der Waals surface area contributed by atoms with Gasteiger partial charge in [-0.15, -0.1) is 0 Å². The molecule has 0 radical (unpaired) electrons. The monoisotopic (exact) mass is 257 g/mol. The van der Waals surface area contributed by atoms with Crippen LogP contribution < -0.4 is 5.73 Å². The van der Waals surface area contributed by atoms with E-state index in [9.17, 15) is 13.2 Å². The zero-order chi connectivity index (χ0) is 13.4. The second-order valence-corrected chi connectivity index (χ2v) is 5.30. The van der Waals surface area contributed by atoms with Crippen molar-refractivity contribution in [2.45, 2.75) is 44.3 Å². The van der Waals surface area contributed by atoms with Gasteiger partial charge in [0, 0.05) is 5.54 Å². The predicted molar refractivity (Wildman–Crippen MR) is 65.1 cm³/mol. The van der Waals surface area contributed by atoms with Crippen LogP contribution in [-0.4, -0.2) is 5.54 Å². The van der Waals surface area contributed by atoms with Gasteiger partial charge in [-0.1, -0.05) is 31.5 Å². The minimum absolute atomic E-state index is 0.278. The average Bonchev–Trinajstić information content (AvgIpc) is 2.88. The Morgan fingerprint density at radius 2 is 2.11 bits per heavy atom. The summed E-state index contributed by atoms with van der Waals surface area (Å²) in [4.78, 5) is 0. The standard InChI is InChI=1S/C14H18F3N/c1-2-4-12-9-13(12,18)8-10-5-3-6-11(7-10)14(15,16)17/h3,5-7,12H,2,4,8-9,18H2,1H3. The number of hydrogen-bond donors (Lipinski definition) is 1. The highest BCUT2D eigenvalue weighted by atomic mass is 19.4. The summed E-state index contributed by atoms with van der Waals surface area (Å²) in [6.45, 7) is 2.10. The summed E-state index contributed by atoms with van der Waals surface area (Å²) in [6.07, 6.45) is -0.662. The molecular weight excluding hydrogens is 239 g/mol. The molecule has 18 heavy (non-hydrogen) atoms. The molecule has 1 saturated carbocycles. The Kier molecular flexibility index (Phi) is 3.41. The molecule has 0 amide bonds. The maximum Gasteiger partial charge on any atom is 0.416 e. The van der Waals surface area contributed by atoms with Gasteiger partial charge in [-0.2, -0.15) is 13.2 Å². The second-order valence-electron chi connectivity index (χ2n) is 5.30. The first-order chi connectivity index (χ1) is 8.35. The number of rotatable bonds is 4. The summed E-state index contributed by atoms with van der Waals surface area (Å²) in [7, 11) is 0. The molecule has 2 unspecified atom stereocenters. The average molecular weight is 257 g/mol. The maximum atomic E-state index is 12.6. The van der Waals surface area contributed by atoms with E-state index >= 15 is 0 Å². The Morgan fingerprint density at radius 3 is 2.72 bits per heavy atom. The number of nitrogens with two attached hydrogens (primary N) is 1. The van der Waals surface area contributed by atoms with Crippen LogP contribution in [0.4, 0.5) is 13.2 Å². The molecule has 0 bridgehead atoms. The van der Waals surface area contributed by atoms with Crippen LogP contribution in [0.15, 0.2) is 24.3 Å². The van der Waals surface area contributed by atoms with E-state index in [4.69, 9.17) is 5.73 Å². The highest BCUT2D eigenvalue weighted by Crippen LogP contribution is 2.46. The van der Waals surface area contributed by atoms with Crippen LogP contribution in [0, 0.1) is 5.92 Å². The zero-order valence-electron chi connectivity index (χ0n) is 10.4. The van der Waals surface area contributed by atoms with Crippen molar-refractivity contribution in [2.75, 3.05) is 0 Å². The molecule has 2 N–H and O–H groups in total. The molecule has 2 rings (SSSR count). The lowest BCUT2D eigenvalue weighted by atomic mass is 9.99. The maximum absolute atomic E-state index is 12.6. The van der Waals surface area contributed by atoms with Crippen molar-refractivity contribution in [3.05, 3.63) is 35.4 Å². The van der Waals surface area contributed by atoms with Crippen molar-refractivity contribution in [2.24, 2.45) is 11.7 Å². The van der Waals surface area contributed by atoms with Gasteiger partial charge in [0.05, 0.1) is 5.56 Å². The fourth-order valence-electron chi connectivity index (χ4n) is 2.59. The number of halogens is 3. The molecule has 0 aliphatic heterocycles. The Labute approximate surface area is 105 Å². The van der Waals surface area contributed by atoms with Crippen molar-refractivity contribution in [3.8, 4) is 0 Å². The lowest BCUT2D eigenvalue weighted by molar-refractivity contribution is -0.137. The SMILES string of the molecule is CCCC1CC1(N)Cc1cccc(C(F)(F)F)c1. The van der Waals surface area contributed by atoms with Crippen LogP contribution in [0.25, 0.3) is 0 Å². The van der Waals surface area contributed by atoms with E-state index in [0.29, 0.717) is 17.9 Å². The van der Waals surface area contributed by atoms with Crippen LogP contribution in [0.5, 0.6) is 0 Å². The lowest BCUT2D eigenvalue weighted by Gasteiger charge is -2.13. The molecule has 0 heterocycles. The van der Waals surface area contributed by atoms with Crippen LogP contribution in [-0.2, 0) is 12.6 Å². The van der Waals surface area contributed by atoms with Crippen molar-refractivity contribution in [1.82, 2.24) is 0 Å². The van der Waals surface area contributed by atoms with E-state index in [1.165, 1.54) is 12.1 Å². The van der Waals surface area contributed by atoms with Gasteiger partial charge in [0.1, 0.15) is 0 Å². The summed E-state index contributed by atoms with van der Waals surface area (Å²) in [6, 6.07) is 5.50. The van der Waals surface area contributed by atoms with Gasteiger partial charge in [-0.05, 0) is 36.8 Å². The molecule has 100 valence electrons. The molecule has 0 saturated heterocycles. The zero-order valence-corrected chi connectivity index (χ0v) is 10.4. The molecule has 0 spiro atoms. The van der Waals surface area contributed by atoms with Gasteiger partial charge in [-0.25, -0.2) is 0 Å². The normalized spacial score (nSPS) is 27.3. The van der Waals surface area contributed by atoms with Gasteiger partial charge < -0.3 is 5.73 Å². The minimum Gasteiger partial charge on any atom is -0.325 e. The first kappa shape index (κ1) is 13.4. The number of hydrogen-bond acceptors (Lipinski definition) is 1. The van der Waals surface area contributed by atoms with Crippen molar-refractivity contribution in [3.63, 3.8) is 0 Å². The summed E-state index contributed by atoms with van der Waals surface area (Å²) in [5, 5.41) is 0. The Morgan fingerprint density at radius 1 is 1.39 bits per heavy atom. The van der Waals surface area contributed by atoms with E-state index in [1.54, 1.807) is 6.07 Å². The van der Waals surface area contributed by atoms with Crippen LogP contribution in [0.3, 0.4) is 0 Å². The molecule has 1 aliphatic rings. The van der Waals surface area contributed by atoms with Crippen molar-refractivity contribution in [1.29, 1.82) is 0 Å². The van der Waals surface area contributed by atoms with Crippen LogP contribution in [0.2, 0.25) is 0 Å². The lowest BCUT2D eigenvalue weighted by Crippen LogP contribution is -2.28. The van der Waals surface area contributed by atoms with Crippen LogP contribution >= 0.6 is 0 Å². The second kappa shape index (κ2) is 4.57. The quantitative estimate of drug-likeness (QED) is 0.873. The number of alkyl halides is 3. The van der Waals surface area contributed by atoms with E-state index < -0.39 is 11.7 Å². The fraction of sp³-hybridized carbons (Fsp3) is 0.571. The Hall–Kier alpha value is -1.03. The molecule has 1 nitrogen and oxygen atoms in total. The molecule has 2 atom stereocenters. The van der Waals surface area contributed by atoms with E-state index in [-0.39, 0.29) is 5.54 Å². The van der Waals surface area contributed by atoms with E-state index in [1.807, 2.05) is 0 Å². The third kappa shape index (κ3) is 2.86. The molecule has 0 aromatic heterocycles. The fourth-order valence-corrected chi connectivity index (χ4v) is 2.59. The van der Waals surface area contributed by atoms with E-state index in [0.717, 1.165) is 25.3 Å². The molecular formula is C14H18F3N. The minimum atomic E-state index is -4.27. The largest absolute Gasteiger partial charge is 0.416 e. The molecule has 1 aromatic rings. The van der Waals surface area contributed by atoms with Gasteiger partial charge in [0.2, 0.25) is 0 Å². The summed E-state index contributed by atoms with van der Waals surface area (Å²) in [5.74, 6) is 0.469. The topological polar surface area (TPSA) is 26.0 Å². The molecule has 1 aliphatic carbocycles. The molecule has 1 fully saturated rings. The third-order valence-corrected chi connectivity index (χ3v) is 3.70. The first-order valence-corrected chi connectivity index (χ1v) is 6.30. The summed E-state index contributed by atoms with van der Waals surface area (Å²) in [5.41, 5.74) is 6.01. The smallest absolute Gasteiger partial charge is 0.325 e. The first-order valence-electron chi connectivity index (χ1n) is 6.30. The molecule has 1 aromatic carbocycles. The van der Waals surface area contributed by atoms with E-state index in [2.05, 4.69) is 6.92 Å². The van der Waals surface area contributed by atoms with Gasteiger partial charge in [0.15, 0.2) is 0 Å². The highest BCUT2D eigenvalue weighted by molar-refractivity contribution is 5.29. The van der Waals surface area contributed by atoms with Gasteiger partial charge >= 0.3 is 6.18 Å². The van der Waals surface area contributed by atoms with Crippen LogP contribution in [0.1, 0.15) is 37.3 Å². The Bertz CT molecular complexity index is 427. The highest BCUT2D eigenvalue weighted by Gasteiger charge is 2.49. The molecule has 4 heteroatoms. The third-order valence-electron chi connectivity index (χ3n) is 3.70. The summed E-state index contributed by atoms with van der Waals surface area (Å²) < 4.78 is 37.7. The summed E-state index contributed by atoms with van der Waals surface area (Å²) >= 11 is 0. The number of benzene rings is 1. The Balaban J connectivity index is 2.07. The van der Waals surface area contributed by atoms with Crippen molar-refractivity contribution < 1.29 is 13.2 Å². The van der Waals surface area contributed by atoms with Gasteiger partial charge in [0.25, 0.3) is 0 Å². The van der Waals surface area contributed by atoms with Gasteiger partial charge in [-0.3, -0.25) is 0 Å².